The number of carbonyl (C=O) groups excluding carboxylic acids is 1. The molecule has 0 aliphatic carbocycles. The van der Waals surface area contributed by atoms with Crippen molar-refractivity contribution in [1.29, 1.82) is 0 Å². The molecule has 0 radical (unpaired) electrons. The summed E-state index contributed by atoms with van der Waals surface area (Å²) in [6.45, 7) is 5.18. The van der Waals surface area contributed by atoms with E-state index >= 15 is 0 Å². The van der Waals surface area contributed by atoms with E-state index < -0.39 is 9.84 Å². The number of carbonyl (C=O) groups is 1. The smallest absolute Gasteiger partial charge is 0.180 e. The Kier molecular flexibility index (Phi) is 4.62. The molecule has 0 fully saturated rings. The summed E-state index contributed by atoms with van der Waals surface area (Å²) in [5, 5.41) is 0. The summed E-state index contributed by atoms with van der Waals surface area (Å²) in [5.74, 6) is 0.182. The minimum atomic E-state index is -3.53. The number of hydrogen-bond donors (Lipinski definition) is 0. The maximum absolute atomic E-state index is 12.6. The standard InChI is InChI=1S/C18H20N4O3S/c1-5-15(23)12-7-8-16(26(24,25)6-2)17(20-12)18-21-13-9-11(3)19-10-14(13)22(18)4/h7-10H,5-6H2,1-4H3. The molecule has 3 aromatic rings. The second-order valence-corrected chi connectivity index (χ2v) is 8.28. The first kappa shape index (κ1) is 18.2. The highest BCUT2D eigenvalue weighted by Gasteiger charge is 2.24. The van der Waals surface area contributed by atoms with Crippen LogP contribution >= 0.6 is 0 Å². The lowest BCUT2D eigenvalue weighted by Gasteiger charge is -2.10. The lowest BCUT2D eigenvalue weighted by Crippen LogP contribution is -2.11. The molecule has 0 aliphatic heterocycles. The zero-order chi connectivity index (χ0) is 19.1. The molecule has 3 heterocycles. The third-order valence-corrected chi connectivity index (χ3v) is 6.06. The maximum atomic E-state index is 12.6. The second-order valence-electron chi connectivity index (χ2n) is 6.03. The Morgan fingerprint density at radius 3 is 2.58 bits per heavy atom. The third-order valence-electron chi connectivity index (χ3n) is 4.30. The van der Waals surface area contributed by atoms with E-state index in [2.05, 4.69) is 15.0 Å². The Morgan fingerprint density at radius 1 is 1.19 bits per heavy atom. The minimum Gasteiger partial charge on any atom is -0.324 e. The van der Waals surface area contributed by atoms with Gasteiger partial charge in [0.15, 0.2) is 21.4 Å². The minimum absolute atomic E-state index is 0.0621. The molecular formula is C18H20N4O3S. The average molecular weight is 372 g/mol. The van der Waals surface area contributed by atoms with Crippen LogP contribution in [0.25, 0.3) is 22.6 Å². The topological polar surface area (TPSA) is 94.8 Å². The van der Waals surface area contributed by atoms with Crippen LogP contribution in [0.15, 0.2) is 29.3 Å². The molecule has 7 nitrogen and oxygen atoms in total. The predicted octanol–water partition coefficient (Wildman–Crippen LogP) is 2.73. The van der Waals surface area contributed by atoms with Crippen molar-refractivity contribution in [2.75, 3.05) is 5.75 Å². The number of ketones is 1. The number of Topliss-reactive ketones (excluding diaryl/α,β-unsaturated/α-hetero) is 1. The second kappa shape index (κ2) is 6.60. The fourth-order valence-electron chi connectivity index (χ4n) is 2.75. The Hall–Kier alpha value is -2.61. The van der Waals surface area contributed by atoms with Crippen molar-refractivity contribution in [3.63, 3.8) is 0 Å². The molecule has 136 valence electrons. The summed E-state index contributed by atoms with van der Waals surface area (Å²) >= 11 is 0. The van der Waals surface area contributed by atoms with E-state index in [9.17, 15) is 13.2 Å². The molecule has 0 aliphatic rings. The van der Waals surface area contributed by atoms with Crippen LogP contribution in [-0.2, 0) is 16.9 Å². The highest BCUT2D eigenvalue weighted by molar-refractivity contribution is 7.91. The van der Waals surface area contributed by atoms with Crippen LogP contribution in [0.3, 0.4) is 0 Å². The SMILES string of the molecule is CCC(=O)c1ccc(S(=O)(=O)CC)c(-c2nc3cc(C)ncc3n2C)n1. The molecule has 0 saturated carbocycles. The van der Waals surface area contributed by atoms with Gasteiger partial charge in [-0.25, -0.2) is 18.4 Å². The maximum Gasteiger partial charge on any atom is 0.180 e. The van der Waals surface area contributed by atoms with Crippen LogP contribution in [-0.4, -0.2) is 39.5 Å². The van der Waals surface area contributed by atoms with Gasteiger partial charge in [0.1, 0.15) is 11.4 Å². The molecule has 0 N–H and O–H groups in total. The predicted molar refractivity (Wildman–Crippen MR) is 98.8 cm³/mol. The van der Waals surface area contributed by atoms with Crippen molar-refractivity contribution in [3.8, 4) is 11.5 Å². The van der Waals surface area contributed by atoms with Crippen LogP contribution in [0, 0.1) is 6.92 Å². The number of hydrogen-bond acceptors (Lipinski definition) is 6. The Bertz CT molecular complexity index is 1120. The van der Waals surface area contributed by atoms with Crippen molar-refractivity contribution in [2.24, 2.45) is 7.05 Å². The van der Waals surface area contributed by atoms with E-state index in [-0.39, 0.29) is 34.2 Å². The first-order valence-electron chi connectivity index (χ1n) is 8.35. The van der Waals surface area contributed by atoms with Crippen LogP contribution in [0.1, 0.15) is 36.5 Å². The quantitative estimate of drug-likeness (QED) is 0.639. The number of nitrogens with zero attached hydrogens (tertiary/aromatic N) is 4. The molecule has 0 saturated heterocycles. The number of fused-ring (bicyclic) bond motifs is 1. The molecule has 3 aromatic heterocycles. The average Bonchev–Trinajstić information content (AvgIpc) is 2.96. The van der Waals surface area contributed by atoms with Crippen molar-refractivity contribution < 1.29 is 13.2 Å². The van der Waals surface area contributed by atoms with Gasteiger partial charge in [0.05, 0.1) is 27.9 Å². The molecule has 26 heavy (non-hydrogen) atoms. The lowest BCUT2D eigenvalue weighted by molar-refractivity contribution is 0.0983. The zero-order valence-corrected chi connectivity index (χ0v) is 16.0. The van der Waals surface area contributed by atoms with Gasteiger partial charge in [-0.2, -0.15) is 0 Å². The molecule has 0 aromatic carbocycles. The van der Waals surface area contributed by atoms with Crippen LogP contribution in [0.5, 0.6) is 0 Å². The molecule has 0 atom stereocenters. The van der Waals surface area contributed by atoms with Gasteiger partial charge in [0.25, 0.3) is 0 Å². The number of sulfone groups is 1. The van der Waals surface area contributed by atoms with Gasteiger partial charge in [0, 0.05) is 19.2 Å². The van der Waals surface area contributed by atoms with E-state index in [0.29, 0.717) is 11.3 Å². The molecule has 8 heteroatoms. The fourth-order valence-corrected chi connectivity index (χ4v) is 3.77. The van der Waals surface area contributed by atoms with Gasteiger partial charge >= 0.3 is 0 Å². The van der Waals surface area contributed by atoms with E-state index in [1.807, 2.05) is 13.0 Å². The van der Waals surface area contributed by atoms with Gasteiger partial charge < -0.3 is 4.57 Å². The number of rotatable bonds is 5. The first-order chi connectivity index (χ1) is 12.3. The van der Waals surface area contributed by atoms with Gasteiger partial charge in [-0.15, -0.1) is 0 Å². The highest BCUT2D eigenvalue weighted by Crippen LogP contribution is 2.29. The van der Waals surface area contributed by atoms with E-state index in [4.69, 9.17) is 0 Å². The normalized spacial score (nSPS) is 11.8. The first-order valence-corrected chi connectivity index (χ1v) is 10.00. The van der Waals surface area contributed by atoms with Crippen LogP contribution in [0.4, 0.5) is 0 Å². The van der Waals surface area contributed by atoms with E-state index in [1.54, 1.807) is 31.7 Å². The molecular weight excluding hydrogens is 352 g/mol. The van der Waals surface area contributed by atoms with Crippen molar-refractivity contribution >= 4 is 26.7 Å². The number of imidazole rings is 1. The molecule has 0 spiro atoms. The van der Waals surface area contributed by atoms with E-state index in [1.165, 1.54) is 12.1 Å². The molecule has 0 amide bonds. The number of pyridine rings is 2. The van der Waals surface area contributed by atoms with Gasteiger partial charge in [-0.3, -0.25) is 9.78 Å². The van der Waals surface area contributed by atoms with Crippen LogP contribution in [0.2, 0.25) is 0 Å². The zero-order valence-electron chi connectivity index (χ0n) is 15.1. The molecule has 0 unspecified atom stereocenters. The fraction of sp³-hybridized carbons (Fsp3) is 0.333. The van der Waals surface area contributed by atoms with Gasteiger partial charge in [0.2, 0.25) is 0 Å². The number of aryl methyl sites for hydroxylation is 2. The lowest BCUT2D eigenvalue weighted by atomic mass is 10.2. The van der Waals surface area contributed by atoms with Crippen molar-refractivity contribution in [2.45, 2.75) is 32.1 Å². The molecule has 0 bridgehead atoms. The Morgan fingerprint density at radius 2 is 1.92 bits per heavy atom. The summed E-state index contributed by atoms with van der Waals surface area (Å²) < 4.78 is 26.9. The summed E-state index contributed by atoms with van der Waals surface area (Å²) in [6, 6.07) is 4.74. The largest absolute Gasteiger partial charge is 0.324 e. The summed E-state index contributed by atoms with van der Waals surface area (Å²) in [7, 11) is -1.75. The van der Waals surface area contributed by atoms with E-state index in [0.717, 1.165) is 11.2 Å². The van der Waals surface area contributed by atoms with Crippen molar-refractivity contribution in [1.82, 2.24) is 19.5 Å². The Labute approximate surface area is 152 Å². The monoisotopic (exact) mass is 372 g/mol. The van der Waals surface area contributed by atoms with Gasteiger partial charge in [-0.1, -0.05) is 13.8 Å². The summed E-state index contributed by atoms with van der Waals surface area (Å²) in [6.07, 6.45) is 1.98. The van der Waals surface area contributed by atoms with Crippen molar-refractivity contribution in [3.05, 3.63) is 35.8 Å². The summed E-state index contributed by atoms with van der Waals surface area (Å²) in [5.41, 5.74) is 2.70. The highest BCUT2D eigenvalue weighted by atomic mass is 32.2. The third kappa shape index (κ3) is 3.01. The summed E-state index contributed by atoms with van der Waals surface area (Å²) in [4.78, 5) is 25.4. The molecule has 3 rings (SSSR count). The van der Waals surface area contributed by atoms with Gasteiger partial charge in [-0.05, 0) is 25.1 Å². The number of aromatic nitrogens is 4. The Balaban J connectivity index is 2.35. The van der Waals surface area contributed by atoms with Crippen LogP contribution < -0.4 is 0 Å².